The number of hydrogen-bond donors (Lipinski definition) is 0. The van der Waals surface area contributed by atoms with E-state index in [-0.39, 0.29) is 12.0 Å². The van der Waals surface area contributed by atoms with Gasteiger partial charge in [-0.2, -0.15) is 0 Å². The quantitative estimate of drug-likeness (QED) is 0.754. The highest BCUT2D eigenvalue weighted by Gasteiger charge is 2.30. The van der Waals surface area contributed by atoms with Gasteiger partial charge in [0.15, 0.2) is 0 Å². The van der Waals surface area contributed by atoms with E-state index in [1.54, 1.807) is 11.8 Å². The van der Waals surface area contributed by atoms with Gasteiger partial charge in [0.1, 0.15) is 0 Å². The van der Waals surface area contributed by atoms with Gasteiger partial charge in [-0.1, -0.05) is 19.1 Å². The van der Waals surface area contributed by atoms with Crippen LogP contribution < -0.4 is 0 Å². The largest absolute Gasteiger partial charge is 0.376 e. The molecule has 1 aromatic rings. The van der Waals surface area contributed by atoms with Crippen LogP contribution in [0, 0.1) is 5.92 Å². The van der Waals surface area contributed by atoms with Crippen molar-refractivity contribution in [3.05, 3.63) is 29.8 Å². The van der Waals surface area contributed by atoms with Crippen molar-refractivity contribution in [2.24, 2.45) is 5.92 Å². The maximum atomic E-state index is 12.7. The minimum absolute atomic E-state index is 0.157. The third kappa shape index (κ3) is 3.80. The minimum Gasteiger partial charge on any atom is -0.376 e. The van der Waals surface area contributed by atoms with E-state index in [0.29, 0.717) is 0 Å². The molecule has 4 heteroatoms. The Hall–Kier alpha value is -1.00. The first-order valence-electron chi connectivity index (χ1n) is 7.90. The lowest BCUT2D eigenvalue weighted by atomic mass is 10.2. The van der Waals surface area contributed by atoms with Crippen LogP contribution in [0.2, 0.25) is 0 Å². The van der Waals surface area contributed by atoms with Gasteiger partial charge in [-0.25, -0.2) is 0 Å². The number of thioether (sulfide) groups is 1. The fraction of sp³-hybridized carbons (Fsp3) is 0.588. The van der Waals surface area contributed by atoms with Gasteiger partial charge in [0, 0.05) is 24.6 Å². The monoisotopic (exact) mass is 305 g/mol. The summed E-state index contributed by atoms with van der Waals surface area (Å²) in [5, 5.41) is 0. The van der Waals surface area contributed by atoms with Crippen molar-refractivity contribution < 1.29 is 9.53 Å². The first kappa shape index (κ1) is 14.9. The predicted octanol–water partition coefficient (Wildman–Crippen LogP) is 3.44. The van der Waals surface area contributed by atoms with Crippen LogP contribution in [0.3, 0.4) is 0 Å². The summed E-state index contributed by atoms with van der Waals surface area (Å²) < 4.78 is 5.92. The summed E-state index contributed by atoms with van der Waals surface area (Å²) in [6, 6.07) is 7.93. The lowest BCUT2D eigenvalue weighted by Crippen LogP contribution is -2.30. The third-order valence-electron chi connectivity index (χ3n) is 4.11. The molecule has 1 aliphatic heterocycles. The van der Waals surface area contributed by atoms with E-state index in [2.05, 4.69) is 6.92 Å². The van der Waals surface area contributed by atoms with Crippen LogP contribution in [-0.2, 0) is 4.74 Å². The summed E-state index contributed by atoms with van der Waals surface area (Å²) in [7, 11) is 0. The van der Waals surface area contributed by atoms with Crippen LogP contribution in [0.1, 0.15) is 36.5 Å². The molecule has 0 radical (unpaired) electrons. The van der Waals surface area contributed by atoms with E-state index in [1.165, 1.54) is 12.8 Å². The Morgan fingerprint density at radius 1 is 1.33 bits per heavy atom. The molecule has 1 aromatic carbocycles. The highest BCUT2D eigenvalue weighted by Crippen LogP contribution is 2.30. The van der Waals surface area contributed by atoms with Gasteiger partial charge in [0.05, 0.1) is 11.7 Å². The van der Waals surface area contributed by atoms with Crippen LogP contribution in [0.25, 0.3) is 0 Å². The molecule has 0 aromatic heterocycles. The van der Waals surface area contributed by atoms with Gasteiger partial charge < -0.3 is 9.64 Å². The smallest absolute Gasteiger partial charge is 0.255 e. The molecule has 2 aliphatic rings. The Bertz CT molecular complexity index is 501. The topological polar surface area (TPSA) is 29.5 Å². The molecule has 1 atom stereocenters. The second kappa shape index (κ2) is 6.84. The van der Waals surface area contributed by atoms with E-state index in [9.17, 15) is 4.79 Å². The highest BCUT2D eigenvalue weighted by atomic mass is 32.2. The van der Waals surface area contributed by atoms with Crippen molar-refractivity contribution in [1.29, 1.82) is 0 Å². The number of carbonyl (C=O) groups excluding carboxylic acids is 1. The molecule has 114 valence electrons. The zero-order valence-corrected chi connectivity index (χ0v) is 13.4. The zero-order valence-electron chi connectivity index (χ0n) is 12.6. The maximum absolute atomic E-state index is 12.7. The molecule has 3 nitrogen and oxygen atoms in total. The molecule has 2 fully saturated rings. The number of rotatable bonds is 6. The van der Waals surface area contributed by atoms with Crippen molar-refractivity contribution in [1.82, 2.24) is 4.90 Å². The van der Waals surface area contributed by atoms with Crippen LogP contribution in [0.5, 0.6) is 0 Å². The molecule has 0 bridgehead atoms. The van der Waals surface area contributed by atoms with E-state index >= 15 is 0 Å². The molecule has 3 rings (SSSR count). The molecule has 1 heterocycles. The van der Waals surface area contributed by atoms with Crippen LogP contribution in [0.15, 0.2) is 29.2 Å². The van der Waals surface area contributed by atoms with Gasteiger partial charge in [-0.3, -0.25) is 4.79 Å². The average molecular weight is 305 g/mol. The molecule has 0 N–H and O–H groups in total. The number of carbonyl (C=O) groups is 1. The van der Waals surface area contributed by atoms with Crippen molar-refractivity contribution in [3.63, 3.8) is 0 Å². The standard InChI is InChI=1S/C17H23NO2S/c1-2-21-16-6-4-3-5-15(16)17(19)18-10-9-14(11-18)20-12-13-7-8-13/h3-6,13-14H,2,7-12H2,1H3. The molecule has 1 saturated carbocycles. The first-order valence-corrected chi connectivity index (χ1v) is 8.89. The second-order valence-corrected chi connectivity index (χ2v) is 7.17. The Morgan fingerprint density at radius 2 is 2.14 bits per heavy atom. The minimum atomic E-state index is 0.157. The zero-order chi connectivity index (χ0) is 14.7. The summed E-state index contributed by atoms with van der Waals surface area (Å²) >= 11 is 1.73. The van der Waals surface area contributed by atoms with Crippen LogP contribution >= 0.6 is 11.8 Å². The van der Waals surface area contributed by atoms with E-state index < -0.39 is 0 Å². The summed E-state index contributed by atoms with van der Waals surface area (Å²) in [6.45, 7) is 4.56. The third-order valence-corrected chi connectivity index (χ3v) is 5.07. The number of ether oxygens (including phenoxy) is 1. The molecule has 1 unspecified atom stereocenters. The number of amides is 1. The van der Waals surface area contributed by atoms with Gasteiger partial charge in [-0.15, -0.1) is 11.8 Å². The maximum Gasteiger partial charge on any atom is 0.255 e. The number of hydrogen-bond acceptors (Lipinski definition) is 3. The number of benzene rings is 1. The summed E-state index contributed by atoms with van der Waals surface area (Å²) in [4.78, 5) is 15.7. The van der Waals surface area contributed by atoms with Crippen molar-refractivity contribution in [3.8, 4) is 0 Å². The highest BCUT2D eigenvalue weighted by molar-refractivity contribution is 7.99. The Balaban J connectivity index is 1.60. The SMILES string of the molecule is CCSc1ccccc1C(=O)N1CCC(OCC2CC2)C1. The molecule has 0 spiro atoms. The number of likely N-dealkylation sites (tertiary alicyclic amines) is 1. The summed E-state index contributed by atoms with van der Waals surface area (Å²) in [5.74, 6) is 1.93. The lowest BCUT2D eigenvalue weighted by Gasteiger charge is -2.18. The predicted molar refractivity (Wildman–Crippen MR) is 85.8 cm³/mol. The molecule has 21 heavy (non-hydrogen) atoms. The summed E-state index contributed by atoms with van der Waals surface area (Å²) in [6.07, 6.45) is 3.84. The van der Waals surface area contributed by atoms with Crippen molar-refractivity contribution in [2.75, 3.05) is 25.4 Å². The lowest BCUT2D eigenvalue weighted by molar-refractivity contribution is 0.0479. The Morgan fingerprint density at radius 3 is 2.90 bits per heavy atom. The van der Waals surface area contributed by atoms with Crippen LogP contribution in [0.4, 0.5) is 0 Å². The normalized spacial score (nSPS) is 21.8. The molecule has 1 saturated heterocycles. The van der Waals surface area contributed by atoms with E-state index in [1.807, 2.05) is 29.2 Å². The number of nitrogens with zero attached hydrogens (tertiary/aromatic N) is 1. The van der Waals surface area contributed by atoms with Gasteiger partial charge in [-0.05, 0) is 43.1 Å². The van der Waals surface area contributed by atoms with Crippen LogP contribution in [-0.4, -0.2) is 42.4 Å². The van der Waals surface area contributed by atoms with E-state index in [4.69, 9.17) is 4.74 Å². The Labute approximate surface area is 131 Å². The Kier molecular flexibility index (Phi) is 4.86. The van der Waals surface area contributed by atoms with Crippen molar-refractivity contribution >= 4 is 17.7 Å². The molecule has 1 amide bonds. The fourth-order valence-electron chi connectivity index (χ4n) is 2.70. The second-order valence-electron chi connectivity index (χ2n) is 5.87. The average Bonchev–Trinajstić information content (AvgIpc) is 3.22. The first-order chi connectivity index (χ1) is 10.3. The van der Waals surface area contributed by atoms with Crippen molar-refractivity contribution in [2.45, 2.75) is 37.2 Å². The molecular formula is C17H23NO2S. The van der Waals surface area contributed by atoms with Gasteiger partial charge in [0.2, 0.25) is 0 Å². The van der Waals surface area contributed by atoms with Gasteiger partial charge in [0.25, 0.3) is 5.91 Å². The molecule has 1 aliphatic carbocycles. The fourth-order valence-corrected chi connectivity index (χ4v) is 3.50. The molecular weight excluding hydrogens is 282 g/mol. The summed E-state index contributed by atoms with van der Waals surface area (Å²) in [5.41, 5.74) is 0.840. The van der Waals surface area contributed by atoms with E-state index in [0.717, 1.165) is 48.2 Å². The van der Waals surface area contributed by atoms with Gasteiger partial charge >= 0.3 is 0 Å².